The Labute approximate surface area is 119 Å². The normalized spacial score (nSPS) is 30.3. The molecule has 4 unspecified atom stereocenters. The highest BCUT2D eigenvalue weighted by molar-refractivity contribution is 6.31. The SMILES string of the molecule is CC(N)C(c1ccccc1Cl)N1CC2CCC(C1)O2. The van der Waals surface area contributed by atoms with Gasteiger partial charge in [-0.15, -0.1) is 0 Å². The van der Waals surface area contributed by atoms with Crippen LogP contribution in [-0.2, 0) is 4.74 Å². The van der Waals surface area contributed by atoms with Crippen molar-refractivity contribution in [3.05, 3.63) is 34.9 Å². The zero-order chi connectivity index (χ0) is 13.4. The Balaban J connectivity index is 1.87. The van der Waals surface area contributed by atoms with Gasteiger partial charge in [-0.3, -0.25) is 4.90 Å². The summed E-state index contributed by atoms with van der Waals surface area (Å²) in [4.78, 5) is 2.46. The minimum Gasteiger partial charge on any atom is -0.372 e. The Kier molecular flexibility index (Phi) is 3.81. The molecule has 19 heavy (non-hydrogen) atoms. The summed E-state index contributed by atoms with van der Waals surface area (Å²) >= 11 is 6.36. The molecule has 1 aromatic rings. The van der Waals surface area contributed by atoms with Crippen LogP contribution in [0.3, 0.4) is 0 Å². The summed E-state index contributed by atoms with van der Waals surface area (Å²) in [5.41, 5.74) is 7.38. The van der Waals surface area contributed by atoms with E-state index < -0.39 is 0 Å². The maximum Gasteiger partial charge on any atom is 0.0707 e. The predicted molar refractivity (Wildman–Crippen MR) is 77.3 cm³/mol. The first kappa shape index (κ1) is 13.4. The van der Waals surface area contributed by atoms with Crippen LogP contribution in [0.4, 0.5) is 0 Å². The van der Waals surface area contributed by atoms with E-state index in [1.165, 1.54) is 12.8 Å². The average molecular weight is 281 g/mol. The van der Waals surface area contributed by atoms with Crippen molar-refractivity contribution in [2.75, 3.05) is 13.1 Å². The second-order valence-corrected chi connectivity index (χ2v) is 6.14. The van der Waals surface area contributed by atoms with Crippen LogP contribution in [0, 0.1) is 0 Å². The van der Waals surface area contributed by atoms with Crippen LogP contribution in [0.15, 0.2) is 24.3 Å². The van der Waals surface area contributed by atoms with Gasteiger partial charge in [-0.1, -0.05) is 29.8 Å². The van der Waals surface area contributed by atoms with E-state index in [0.717, 1.165) is 23.7 Å². The molecule has 0 aromatic heterocycles. The number of hydrogen-bond acceptors (Lipinski definition) is 3. The van der Waals surface area contributed by atoms with Gasteiger partial charge in [-0.2, -0.15) is 0 Å². The Hall–Kier alpha value is -0.610. The third-order valence-corrected chi connectivity index (χ3v) is 4.53. The molecule has 2 fully saturated rings. The van der Waals surface area contributed by atoms with Crippen LogP contribution in [0.5, 0.6) is 0 Å². The van der Waals surface area contributed by atoms with Crippen molar-refractivity contribution in [3.8, 4) is 0 Å². The fourth-order valence-corrected chi connectivity index (χ4v) is 3.65. The first-order valence-electron chi connectivity index (χ1n) is 7.04. The van der Waals surface area contributed by atoms with Crippen molar-refractivity contribution in [1.82, 2.24) is 4.90 Å². The maximum absolute atomic E-state index is 6.36. The van der Waals surface area contributed by atoms with Crippen molar-refractivity contribution < 1.29 is 4.74 Å². The summed E-state index contributed by atoms with van der Waals surface area (Å²) in [5.74, 6) is 0. The minimum absolute atomic E-state index is 0.0531. The van der Waals surface area contributed by atoms with E-state index in [2.05, 4.69) is 17.9 Å². The molecule has 4 atom stereocenters. The third-order valence-electron chi connectivity index (χ3n) is 4.19. The van der Waals surface area contributed by atoms with E-state index in [9.17, 15) is 0 Å². The van der Waals surface area contributed by atoms with Gasteiger partial charge in [0.25, 0.3) is 0 Å². The molecule has 4 heteroatoms. The zero-order valence-corrected chi connectivity index (χ0v) is 12.0. The van der Waals surface area contributed by atoms with Gasteiger partial charge < -0.3 is 10.5 Å². The maximum atomic E-state index is 6.36. The molecule has 3 rings (SSSR count). The number of nitrogens with two attached hydrogens (primary N) is 1. The molecular weight excluding hydrogens is 260 g/mol. The standard InChI is InChI=1S/C15H21ClN2O/c1-10(17)15(13-4-2-3-5-14(13)16)18-8-11-6-7-12(9-18)19-11/h2-5,10-12,15H,6-9,17H2,1H3. The van der Waals surface area contributed by atoms with Gasteiger partial charge in [0.05, 0.1) is 18.2 Å². The monoisotopic (exact) mass is 280 g/mol. The topological polar surface area (TPSA) is 38.5 Å². The van der Waals surface area contributed by atoms with Crippen LogP contribution >= 0.6 is 11.6 Å². The molecule has 2 bridgehead atoms. The summed E-state index contributed by atoms with van der Waals surface area (Å²) in [7, 11) is 0. The Morgan fingerprint density at radius 3 is 2.47 bits per heavy atom. The fraction of sp³-hybridized carbons (Fsp3) is 0.600. The summed E-state index contributed by atoms with van der Waals surface area (Å²) in [6.07, 6.45) is 3.11. The molecular formula is C15H21ClN2O. The number of rotatable bonds is 3. The molecule has 1 aromatic carbocycles. The number of nitrogens with zero attached hydrogens (tertiary/aromatic N) is 1. The smallest absolute Gasteiger partial charge is 0.0707 e. The van der Waals surface area contributed by atoms with Crippen LogP contribution < -0.4 is 5.73 Å². The number of fused-ring (bicyclic) bond motifs is 2. The molecule has 2 aliphatic rings. The van der Waals surface area contributed by atoms with Crippen molar-refractivity contribution in [1.29, 1.82) is 0 Å². The van der Waals surface area contributed by atoms with E-state index in [-0.39, 0.29) is 12.1 Å². The number of benzene rings is 1. The lowest BCUT2D eigenvalue weighted by Gasteiger charge is -2.40. The molecule has 0 amide bonds. The van der Waals surface area contributed by atoms with Crippen molar-refractivity contribution in [2.45, 2.75) is 44.1 Å². The number of halogens is 1. The lowest BCUT2D eigenvalue weighted by atomic mass is 9.98. The van der Waals surface area contributed by atoms with Crippen molar-refractivity contribution >= 4 is 11.6 Å². The van der Waals surface area contributed by atoms with Gasteiger partial charge >= 0.3 is 0 Å². The Bertz CT molecular complexity index is 440. The summed E-state index contributed by atoms with van der Waals surface area (Å²) in [5, 5.41) is 0.809. The van der Waals surface area contributed by atoms with Crippen LogP contribution in [0.25, 0.3) is 0 Å². The number of likely N-dealkylation sites (tertiary alicyclic amines) is 1. The molecule has 2 aliphatic heterocycles. The number of hydrogen-bond donors (Lipinski definition) is 1. The molecule has 2 heterocycles. The van der Waals surface area contributed by atoms with Gasteiger partial charge in [-0.25, -0.2) is 0 Å². The van der Waals surface area contributed by atoms with E-state index in [1.54, 1.807) is 0 Å². The lowest BCUT2D eigenvalue weighted by Crippen LogP contribution is -2.49. The molecule has 0 saturated carbocycles. The van der Waals surface area contributed by atoms with Crippen LogP contribution in [0.2, 0.25) is 5.02 Å². The largest absolute Gasteiger partial charge is 0.372 e. The predicted octanol–water partition coefficient (Wildman–Crippen LogP) is 2.59. The van der Waals surface area contributed by atoms with Gasteiger partial charge in [-0.05, 0) is 31.4 Å². The van der Waals surface area contributed by atoms with E-state index in [0.29, 0.717) is 12.2 Å². The average Bonchev–Trinajstić information content (AvgIpc) is 2.71. The van der Waals surface area contributed by atoms with E-state index in [1.807, 2.05) is 18.2 Å². The molecule has 0 aliphatic carbocycles. The Morgan fingerprint density at radius 2 is 1.89 bits per heavy atom. The van der Waals surface area contributed by atoms with E-state index in [4.69, 9.17) is 22.1 Å². The zero-order valence-electron chi connectivity index (χ0n) is 11.3. The summed E-state index contributed by atoms with van der Waals surface area (Å²) in [6.45, 7) is 3.99. The second-order valence-electron chi connectivity index (χ2n) is 5.74. The second kappa shape index (κ2) is 5.41. The minimum atomic E-state index is 0.0531. The molecule has 3 nitrogen and oxygen atoms in total. The van der Waals surface area contributed by atoms with Gasteiger partial charge in [0.1, 0.15) is 0 Å². The number of ether oxygens (including phenoxy) is 1. The Morgan fingerprint density at radius 1 is 1.26 bits per heavy atom. The molecule has 2 N–H and O–H groups in total. The van der Waals surface area contributed by atoms with Gasteiger partial charge in [0, 0.05) is 24.2 Å². The lowest BCUT2D eigenvalue weighted by molar-refractivity contribution is -0.0559. The van der Waals surface area contributed by atoms with Crippen molar-refractivity contribution in [2.24, 2.45) is 5.73 Å². The van der Waals surface area contributed by atoms with E-state index >= 15 is 0 Å². The molecule has 104 valence electrons. The fourth-order valence-electron chi connectivity index (χ4n) is 3.40. The van der Waals surface area contributed by atoms with Crippen LogP contribution in [0.1, 0.15) is 31.4 Å². The van der Waals surface area contributed by atoms with Gasteiger partial charge in [0.2, 0.25) is 0 Å². The first-order valence-corrected chi connectivity index (χ1v) is 7.42. The highest BCUT2D eigenvalue weighted by Crippen LogP contribution is 2.35. The third kappa shape index (κ3) is 2.65. The first-order chi connectivity index (χ1) is 9.15. The molecule has 2 saturated heterocycles. The highest BCUT2D eigenvalue weighted by Gasteiger charge is 2.38. The van der Waals surface area contributed by atoms with Crippen LogP contribution in [-0.4, -0.2) is 36.2 Å². The summed E-state index contributed by atoms with van der Waals surface area (Å²) in [6, 6.07) is 8.27. The van der Waals surface area contributed by atoms with Crippen molar-refractivity contribution in [3.63, 3.8) is 0 Å². The number of morpholine rings is 1. The summed E-state index contributed by atoms with van der Waals surface area (Å²) < 4.78 is 5.91. The molecule has 0 spiro atoms. The quantitative estimate of drug-likeness (QED) is 0.925. The molecule has 0 radical (unpaired) electrons. The highest BCUT2D eigenvalue weighted by atomic mass is 35.5. The van der Waals surface area contributed by atoms with Gasteiger partial charge in [0.15, 0.2) is 0 Å².